The average Bonchev–Trinajstić information content (AvgIpc) is 2.75. The SMILES string of the molecule is COC(=O)c1cc2c(cn1)N1CCNCC1C2.Cl.Cl. The lowest BCUT2D eigenvalue weighted by Crippen LogP contribution is -2.49. The quantitative estimate of drug-likeness (QED) is 0.786. The first-order valence-corrected chi connectivity index (χ1v) is 5.84. The van der Waals surface area contributed by atoms with Crippen LogP contribution in [-0.4, -0.2) is 43.7 Å². The van der Waals surface area contributed by atoms with Gasteiger partial charge in [0.1, 0.15) is 5.69 Å². The third-order valence-corrected chi connectivity index (χ3v) is 3.48. The molecule has 0 aliphatic carbocycles. The van der Waals surface area contributed by atoms with Crippen molar-refractivity contribution in [1.82, 2.24) is 10.3 Å². The number of piperazine rings is 1. The average molecular weight is 306 g/mol. The third-order valence-electron chi connectivity index (χ3n) is 3.48. The second kappa shape index (κ2) is 6.41. The topological polar surface area (TPSA) is 54.5 Å². The lowest BCUT2D eigenvalue weighted by molar-refractivity contribution is 0.0594. The second-order valence-electron chi connectivity index (χ2n) is 4.45. The molecule has 0 aromatic carbocycles. The van der Waals surface area contributed by atoms with Gasteiger partial charge in [-0.3, -0.25) is 0 Å². The van der Waals surface area contributed by atoms with E-state index in [1.54, 1.807) is 6.20 Å². The van der Waals surface area contributed by atoms with E-state index < -0.39 is 0 Å². The van der Waals surface area contributed by atoms with Gasteiger partial charge in [0, 0.05) is 25.7 Å². The zero-order valence-electron chi connectivity index (χ0n) is 10.6. The van der Waals surface area contributed by atoms with Crippen molar-refractivity contribution in [1.29, 1.82) is 0 Å². The van der Waals surface area contributed by atoms with Gasteiger partial charge in [0.25, 0.3) is 0 Å². The molecular formula is C12H17Cl2N3O2. The van der Waals surface area contributed by atoms with Crippen LogP contribution in [0.15, 0.2) is 12.3 Å². The fourth-order valence-electron chi connectivity index (χ4n) is 2.64. The van der Waals surface area contributed by atoms with Crippen molar-refractivity contribution in [2.45, 2.75) is 12.5 Å². The van der Waals surface area contributed by atoms with Gasteiger partial charge < -0.3 is 15.0 Å². The Morgan fingerprint density at radius 2 is 2.32 bits per heavy atom. The Hall–Kier alpha value is -1.04. The Morgan fingerprint density at radius 3 is 3.05 bits per heavy atom. The molecule has 0 bridgehead atoms. The lowest BCUT2D eigenvalue weighted by Gasteiger charge is -2.32. The number of rotatable bonds is 1. The third kappa shape index (κ3) is 2.78. The molecule has 1 N–H and O–H groups in total. The molecule has 0 spiro atoms. The number of halogens is 2. The fraction of sp³-hybridized carbons (Fsp3) is 0.500. The van der Waals surface area contributed by atoms with Gasteiger partial charge >= 0.3 is 5.97 Å². The number of anilines is 1. The summed E-state index contributed by atoms with van der Waals surface area (Å²) in [5.74, 6) is -0.365. The minimum Gasteiger partial charge on any atom is -0.464 e. The van der Waals surface area contributed by atoms with Crippen molar-refractivity contribution in [3.05, 3.63) is 23.5 Å². The van der Waals surface area contributed by atoms with Crippen LogP contribution in [0.5, 0.6) is 0 Å². The molecule has 1 atom stereocenters. The molecule has 1 fully saturated rings. The Kier molecular flexibility index (Phi) is 5.40. The van der Waals surface area contributed by atoms with E-state index in [1.807, 2.05) is 6.07 Å². The summed E-state index contributed by atoms with van der Waals surface area (Å²) in [4.78, 5) is 18.0. The van der Waals surface area contributed by atoms with Crippen LogP contribution in [0, 0.1) is 0 Å². The molecule has 1 aromatic rings. The van der Waals surface area contributed by atoms with Gasteiger partial charge in [0.15, 0.2) is 0 Å². The summed E-state index contributed by atoms with van der Waals surface area (Å²) in [6.45, 7) is 3.02. The standard InChI is InChI=1S/C12H15N3O2.2ClH/c1-17-12(16)10-5-8-4-9-6-13-2-3-15(9)11(8)7-14-10;;/h5,7,9,13H,2-4,6H2,1H3;2*1H. The number of hydrogen-bond donors (Lipinski definition) is 1. The van der Waals surface area contributed by atoms with E-state index >= 15 is 0 Å². The van der Waals surface area contributed by atoms with Crippen molar-refractivity contribution in [2.75, 3.05) is 31.6 Å². The molecule has 19 heavy (non-hydrogen) atoms. The summed E-state index contributed by atoms with van der Waals surface area (Å²) in [5.41, 5.74) is 2.78. The highest BCUT2D eigenvalue weighted by Gasteiger charge is 2.31. The van der Waals surface area contributed by atoms with Crippen molar-refractivity contribution in [2.24, 2.45) is 0 Å². The zero-order valence-corrected chi connectivity index (χ0v) is 12.2. The number of aromatic nitrogens is 1. The first-order chi connectivity index (χ1) is 8.29. The van der Waals surface area contributed by atoms with Crippen LogP contribution in [-0.2, 0) is 11.2 Å². The molecule has 106 valence electrons. The summed E-state index contributed by atoms with van der Waals surface area (Å²) in [7, 11) is 1.38. The maximum Gasteiger partial charge on any atom is 0.356 e. The van der Waals surface area contributed by atoms with Gasteiger partial charge in [-0.15, -0.1) is 24.8 Å². The fourth-order valence-corrected chi connectivity index (χ4v) is 2.64. The number of carbonyl (C=O) groups is 1. The number of ether oxygens (including phenoxy) is 1. The lowest BCUT2D eigenvalue weighted by atomic mass is 10.1. The Morgan fingerprint density at radius 1 is 1.53 bits per heavy atom. The number of fused-ring (bicyclic) bond motifs is 3. The van der Waals surface area contributed by atoms with Crippen molar-refractivity contribution >= 4 is 36.5 Å². The van der Waals surface area contributed by atoms with Crippen LogP contribution in [0.1, 0.15) is 16.1 Å². The first-order valence-electron chi connectivity index (χ1n) is 5.84. The minimum atomic E-state index is -0.365. The predicted molar refractivity (Wildman–Crippen MR) is 77.8 cm³/mol. The smallest absolute Gasteiger partial charge is 0.356 e. The van der Waals surface area contributed by atoms with E-state index in [9.17, 15) is 4.79 Å². The maximum atomic E-state index is 11.4. The highest BCUT2D eigenvalue weighted by Crippen LogP contribution is 2.32. The minimum absolute atomic E-state index is 0. The molecule has 1 aromatic heterocycles. The molecule has 3 heterocycles. The van der Waals surface area contributed by atoms with Crippen LogP contribution < -0.4 is 10.2 Å². The van der Waals surface area contributed by atoms with Crippen LogP contribution in [0.3, 0.4) is 0 Å². The van der Waals surface area contributed by atoms with Crippen molar-refractivity contribution in [3.63, 3.8) is 0 Å². The summed E-state index contributed by atoms with van der Waals surface area (Å²) >= 11 is 0. The predicted octanol–water partition coefficient (Wildman–Crippen LogP) is 1.05. The normalized spacial score (nSPS) is 19.6. The molecule has 2 aliphatic rings. The van der Waals surface area contributed by atoms with Gasteiger partial charge in [0.05, 0.1) is 19.0 Å². The molecule has 0 radical (unpaired) electrons. The van der Waals surface area contributed by atoms with Gasteiger partial charge in [-0.05, 0) is 18.1 Å². The Bertz CT molecular complexity index is 470. The van der Waals surface area contributed by atoms with E-state index in [0.717, 1.165) is 26.1 Å². The van der Waals surface area contributed by atoms with E-state index in [2.05, 4.69) is 19.9 Å². The highest BCUT2D eigenvalue weighted by molar-refractivity contribution is 5.88. The summed E-state index contributed by atoms with van der Waals surface area (Å²) in [6.07, 6.45) is 2.78. The number of esters is 1. The Labute approximate surface area is 124 Å². The number of nitrogens with zero attached hydrogens (tertiary/aromatic N) is 2. The van der Waals surface area contributed by atoms with Gasteiger partial charge in [-0.1, -0.05) is 0 Å². The monoisotopic (exact) mass is 305 g/mol. The van der Waals surface area contributed by atoms with Crippen LogP contribution in [0.25, 0.3) is 0 Å². The molecule has 0 saturated carbocycles. The van der Waals surface area contributed by atoms with E-state index in [1.165, 1.54) is 18.4 Å². The Balaban J connectivity index is 0.000000902. The summed E-state index contributed by atoms with van der Waals surface area (Å²) in [6, 6.07) is 2.37. The largest absolute Gasteiger partial charge is 0.464 e. The number of hydrogen-bond acceptors (Lipinski definition) is 5. The molecule has 1 saturated heterocycles. The van der Waals surface area contributed by atoms with E-state index in [4.69, 9.17) is 0 Å². The molecule has 5 nitrogen and oxygen atoms in total. The zero-order chi connectivity index (χ0) is 11.8. The molecule has 1 unspecified atom stereocenters. The van der Waals surface area contributed by atoms with E-state index in [-0.39, 0.29) is 30.8 Å². The number of nitrogens with one attached hydrogen (secondary N) is 1. The van der Waals surface area contributed by atoms with Crippen molar-refractivity contribution in [3.8, 4) is 0 Å². The van der Waals surface area contributed by atoms with Crippen LogP contribution in [0.4, 0.5) is 5.69 Å². The van der Waals surface area contributed by atoms with E-state index in [0.29, 0.717) is 11.7 Å². The molecule has 7 heteroatoms. The molecule has 0 amide bonds. The van der Waals surface area contributed by atoms with Gasteiger partial charge in [-0.2, -0.15) is 0 Å². The van der Waals surface area contributed by atoms with Crippen molar-refractivity contribution < 1.29 is 9.53 Å². The second-order valence-corrected chi connectivity index (χ2v) is 4.45. The molecular weight excluding hydrogens is 289 g/mol. The number of carbonyl (C=O) groups excluding carboxylic acids is 1. The molecule has 2 aliphatic heterocycles. The first kappa shape index (κ1) is 16.0. The van der Waals surface area contributed by atoms with Crippen LogP contribution in [0.2, 0.25) is 0 Å². The summed E-state index contributed by atoms with van der Waals surface area (Å²) < 4.78 is 4.69. The number of methoxy groups -OCH3 is 1. The molecule has 3 rings (SSSR count). The van der Waals surface area contributed by atoms with Gasteiger partial charge in [0.2, 0.25) is 0 Å². The van der Waals surface area contributed by atoms with Crippen LogP contribution >= 0.6 is 24.8 Å². The van der Waals surface area contributed by atoms with Gasteiger partial charge in [-0.25, -0.2) is 9.78 Å². The number of pyridine rings is 1. The summed E-state index contributed by atoms with van der Waals surface area (Å²) in [5, 5.41) is 3.39. The maximum absolute atomic E-state index is 11.4. The highest BCUT2D eigenvalue weighted by atomic mass is 35.5.